The zero-order valence-electron chi connectivity index (χ0n) is 8.47. The quantitative estimate of drug-likeness (QED) is 0.763. The molecule has 0 amide bonds. The summed E-state index contributed by atoms with van der Waals surface area (Å²) in [5.41, 5.74) is 0.868. The van der Waals surface area contributed by atoms with Gasteiger partial charge in [0.1, 0.15) is 5.75 Å². The van der Waals surface area contributed by atoms with Crippen molar-refractivity contribution < 1.29 is 17.9 Å². The third kappa shape index (κ3) is 2.38. The van der Waals surface area contributed by atoms with E-state index in [2.05, 4.69) is 17.4 Å². The molecule has 4 heteroatoms. The number of hydrogen-bond acceptors (Lipinski definition) is 1. The Balaban J connectivity index is 2.41. The lowest BCUT2D eigenvalue weighted by molar-refractivity contribution is -0.275. The number of para-hydroxylation sites is 1. The van der Waals surface area contributed by atoms with E-state index in [1.54, 1.807) is 12.1 Å². The number of alkyl halides is 3. The van der Waals surface area contributed by atoms with Crippen LogP contribution in [0.4, 0.5) is 13.2 Å². The second-order valence-electron chi connectivity index (χ2n) is 3.72. The molecule has 0 saturated heterocycles. The van der Waals surface area contributed by atoms with Crippen LogP contribution in [0.25, 0.3) is 0 Å². The van der Waals surface area contributed by atoms with Gasteiger partial charge in [-0.15, -0.1) is 13.2 Å². The van der Waals surface area contributed by atoms with Gasteiger partial charge >= 0.3 is 6.36 Å². The molecule has 0 unspecified atom stereocenters. The number of benzene rings is 1. The van der Waals surface area contributed by atoms with Gasteiger partial charge in [0.15, 0.2) is 0 Å². The molecule has 0 bridgehead atoms. The molecule has 1 aliphatic rings. The summed E-state index contributed by atoms with van der Waals surface area (Å²) < 4.78 is 40.8. The van der Waals surface area contributed by atoms with Gasteiger partial charge in [-0.2, -0.15) is 0 Å². The van der Waals surface area contributed by atoms with Crippen molar-refractivity contribution in [2.45, 2.75) is 25.1 Å². The molecular formula is C12H10F3O. The summed E-state index contributed by atoms with van der Waals surface area (Å²) in [4.78, 5) is 0. The van der Waals surface area contributed by atoms with Gasteiger partial charge in [0.2, 0.25) is 0 Å². The lowest BCUT2D eigenvalue weighted by atomic mass is 10.1. The summed E-state index contributed by atoms with van der Waals surface area (Å²) in [7, 11) is 0. The van der Waals surface area contributed by atoms with Crippen molar-refractivity contribution in [3.63, 3.8) is 0 Å². The van der Waals surface area contributed by atoms with Crippen LogP contribution in [0.15, 0.2) is 24.8 Å². The molecule has 0 spiro atoms. The first-order valence-electron chi connectivity index (χ1n) is 4.93. The summed E-state index contributed by atoms with van der Waals surface area (Å²) in [6.45, 7) is 3.37. The number of hydrogen-bond donors (Lipinski definition) is 0. The van der Waals surface area contributed by atoms with Crippen molar-refractivity contribution in [2.24, 2.45) is 0 Å². The van der Waals surface area contributed by atoms with Crippen LogP contribution in [0.1, 0.15) is 29.9 Å². The SMILES string of the molecule is C=[C]c1cccc(C2CC2)c1OC(F)(F)F. The van der Waals surface area contributed by atoms with E-state index in [9.17, 15) is 13.2 Å². The first-order valence-corrected chi connectivity index (χ1v) is 4.93. The van der Waals surface area contributed by atoms with Gasteiger partial charge in [-0.1, -0.05) is 24.8 Å². The van der Waals surface area contributed by atoms with Gasteiger partial charge in [0.05, 0.1) is 0 Å². The zero-order valence-corrected chi connectivity index (χ0v) is 8.47. The molecule has 0 aliphatic heterocycles. The van der Waals surface area contributed by atoms with E-state index in [1.807, 2.05) is 0 Å². The lowest BCUT2D eigenvalue weighted by Crippen LogP contribution is -2.18. The number of ether oxygens (including phenoxy) is 1. The first kappa shape index (κ1) is 11.0. The average Bonchev–Trinajstić information content (AvgIpc) is 2.99. The van der Waals surface area contributed by atoms with Gasteiger partial charge in [0.25, 0.3) is 0 Å². The van der Waals surface area contributed by atoms with E-state index >= 15 is 0 Å². The Morgan fingerprint density at radius 3 is 2.50 bits per heavy atom. The van der Waals surface area contributed by atoms with Crippen molar-refractivity contribution in [1.82, 2.24) is 0 Å². The largest absolute Gasteiger partial charge is 0.573 e. The maximum absolute atomic E-state index is 12.3. The Labute approximate surface area is 91.5 Å². The van der Waals surface area contributed by atoms with E-state index in [1.165, 1.54) is 6.07 Å². The summed E-state index contributed by atoms with van der Waals surface area (Å²) in [6.07, 6.45) is -0.381. The van der Waals surface area contributed by atoms with Crippen LogP contribution >= 0.6 is 0 Å². The van der Waals surface area contributed by atoms with Crippen molar-refractivity contribution in [2.75, 3.05) is 0 Å². The molecular weight excluding hydrogens is 217 g/mol. The van der Waals surface area contributed by atoms with Gasteiger partial charge < -0.3 is 4.74 Å². The van der Waals surface area contributed by atoms with Crippen LogP contribution in [-0.2, 0) is 0 Å². The highest BCUT2D eigenvalue weighted by Gasteiger charge is 2.35. The van der Waals surface area contributed by atoms with E-state index in [0.717, 1.165) is 12.8 Å². The molecule has 1 nitrogen and oxygen atoms in total. The minimum Gasteiger partial charge on any atom is -0.405 e. The van der Waals surface area contributed by atoms with Crippen LogP contribution < -0.4 is 4.74 Å². The molecule has 1 saturated carbocycles. The summed E-state index contributed by atoms with van der Waals surface area (Å²) in [6, 6.07) is 4.88. The third-order valence-corrected chi connectivity index (χ3v) is 2.47. The molecule has 1 fully saturated rings. The minimum absolute atomic E-state index is 0.146. The highest BCUT2D eigenvalue weighted by molar-refractivity contribution is 5.47. The Hall–Kier alpha value is -1.45. The standard InChI is InChI=1S/C12H10F3O/c1-2-8-4-3-5-10(9-6-7-9)11(8)16-12(13,14)15/h3-5,9H,1,6-7H2. The fraction of sp³-hybridized carbons (Fsp3) is 0.333. The number of rotatable bonds is 3. The second kappa shape index (κ2) is 3.85. The molecule has 1 aromatic rings. The van der Waals surface area contributed by atoms with E-state index in [-0.39, 0.29) is 17.2 Å². The first-order chi connectivity index (χ1) is 7.51. The van der Waals surface area contributed by atoms with Crippen LogP contribution in [0.5, 0.6) is 5.75 Å². The van der Waals surface area contributed by atoms with Crippen molar-refractivity contribution in [3.8, 4) is 5.75 Å². The fourth-order valence-corrected chi connectivity index (χ4v) is 1.64. The minimum atomic E-state index is -4.67. The summed E-state index contributed by atoms with van der Waals surface area (Å²) >= 11 is 0. The van der Waals surface area contributed by atoms with Crippen molar-refractivity contribution in [1.29, 1.82) is 0 Å². The normalized spacial score (nSPS) is 15.9. The Morgan fingerprint density at radius 1 is 1.31 bits per heavy atom. The van der Waals surface area contributed by atoms with Crippen molar-refractivity contribution in [3.05, 3.63) is 42.0 Å². The predicted molar refractivity (Wildman–Crippen MR) is 53.1 cm³/mol. The molecule has 1 radical (unpaired) electrons. The molecule has 0 atom stereocenters. The summed E-state index contributed by atoms with van der Waals surface area (Å²) in [5, 5.41) is 0. The smallest absolute Gasteiger partial charge is 0.405 e. The fourth-order valence-electron chi connectivity index (χ4n) is 1.64. The maximum Gasteiger partial charge on any atom is 0.573 e. The highest BCUT2D eigenvalue weighted by Crippen LogP contribution is 2.46. The molecule has 2 rings (SSSR count). The Kier molecular flexibility index (Phi) is 2.66. The molecule has 0 N–H and O–H groups in total. The molecule has 85 valence electrons. The van der Waals surface area contributed by atoms with Gasteiger partial charge in [-0.25, -0.2) is 0 Å². The van der Waals surface area contributed by atoms with E-state index < -0.39 is 6.36 Å². The monoisotopic (exact) mass is 227 g/mol. The summed E-state index contributed by atoms with van der Waals surface area (Å²) in [5.74, 6) is 0.0400. The van der Waals surface area contributed by atoms with E-state index in [4.69, 9.17) is 0 Å². The van der Waals surface area contributed by atoms with Crippen molar-refractivity contribution >= 4 is 0 Å². The topological polar surface area (TPSA) is 9.23 Å². The Morgan fingerprint density at radius 2 is 2.00 bits per heavy atom. The molecule has 0 heterocycles. The number of halogens is 3. The predicted octanol–water partition coefficient (Wildman–Crippen LogP) is 3.80. The van der Waals surface area contributed by atoms with Gasteiger partial charge in [0, 0.05) is 5.56 Å². The van der Waals surface area contributed by atoms with Crippen LogP contribution in [-0.4, -0.2) is 6.36 Å². The molecule has 16 heavy (non-hydrogen) atoms. The van der Waals surface area contributed by atoms with Gasteiger partial charge in [-0.3, -0.25) is 0 Å². The average molecular weight is 227 g/mol. The van der Waals surface area contributed by atoms with Crippen LogP contribution in [0, 0.1) is 6.08 Å². The molecule has 1 aliphatic carbocycles. The molecule has 1 aromatic carbocycles. The van der Waals surface area contributed by atoms with E-state index in [0.29, 0.717) is 5.56 Å². The second-order valence-corrected chi connectivity index (χ2v) is 3.72. The zero-order chi connectivity index (χ0) is 11.8. The Bertz CT molecular complexity index is 405. The maximum atomic E-state index is 12.3. The third-order valence-electron chi connectivity index (χ3n) is 2.47. The highest BCUT2D eigenvalue weighted by atomic mass is 19.4. The van der Waals surface area contributed by atoms with Gasteiger partial charge in [-0.05, 0) is 30.4 Å². The van der Waals surface area contributed by atoms with Crippen LogP contribution in [0.3, 0.4) is 0 Å². The van der Waals surface area contributed by atoms with Crippen LogP contribution in [0.2, 0.25) is 0 Å². The molecule has 0 aromatic heterocycles. The lowest BCUT2D eigenvalue weighted by Gasteiger charge is -2.15.